The second-order valence-electron chi connectivity index (χ2n) is 4.62. The van der Waals surface area contributed by atoms with Crippen LogP contribution in [0.1, 0.15) is 25.0 Å². The van der Waals surface area contributed by atoms with Gasteiger partial charge in [0.15, 0.2) is 5.96 Å². The molecule has 0 atom stereocenters. The van der Waals surface area contributed by atoms with E-state index in [4.69, 9.17) is 4.74 Å². The first-order chi connectivity index (χ1) is 10.8. The Morgan fingerprint density at radius 2 is 2.13 bits per heavy atom. The normalized spacial score (nSPS) is 10.8. The van der Waals surface area contributed by atoms with E-state index in [0.29, 0.717) is 25.6 Å². The molecule has 2 N–H and O–H groups in total. The summed E-state index contributed by atoms with van der Waals surface area (Å²) < 4.78 is 5.41. The molecule has 126 valence electrons. The molecule has 0 saturated carbocycles. The molecule has 0 aliphatic rings. The molecule has 7 heteroatoms. The van der Waals surface area contributed by atoms with E-state index >= 15 is 0 Å². The molecule has 0 bridgehead atoms. The van der Waals surface area contributed by atoms with Gasteiger partial charge in [-0.05, 0) is 47.9 Å². The summed E-state index contributed by atoms with van der Waals surface area (Å²) >= 11 is 1.69. The van der Waals surface area contributed by atoms with Gasteiger partial charge >= 0.3 is 0 Å². The minimum absolute atomic E-state index is 0. The van der Waals surface area contributed by atoms with Gasteiger partial charge in [0.1, 0.15) is 0 Å². The summed E-state index contributed by atoms with van der Waals surface area (Å²) in [7, 11) is 0. The highest BCUT2D eigenvalue weighted by atomic mass is 127. The third kappa shape index (κ3) is 7.17. The van der Waals surface area contributed by atoms with Gasteiger partial charge in [-0.2, -0.15) is 11.3 Å². The Bertz CT molecular complexity index is 590. The summed E-state index contributed by atoms with van der Waals surface area (Å²) in [5, 5.41) is 10.8. The summed E-state index contributed by atoms with van der Waals surface area (Å²) in [4.78, 5) is 8.75. The Morgan fingerprint density at radius 1 is 1.26 bits per heavy atom. The molecule has 2 aromatic heterocycles. The maximum atomic E-state index is 5.41. The van der Waals surface area contributed by atoms with Crippen molar-refractivity contribution >= 4 is 41.3 Å². The second-order valence-corrected chi connectivity index (χ2v) is 5.40. The lowest BCUT2D eigenvalue weighted by molar-refractivity contribution is 0.326. The molecule has 0 amide bonds. The lowest BCUT2D eigenvalue weighted by Gasteiger charge is -2.11. The van der Waals surface area contributed by atoms with Gasteiger partial charge in [-0.1, -0.05) is 0 Å². The van der Waals surface area contributed by atoms with Crippen LogP contribution in [0.3, 0.4) is 0 Å². The molecule has 2 rings (SSSR count). The van der Waals surface area contributed by atoms with Crippen LogP contribution in [0, 0.1) is 0 Å². The third-order valence-electron chi connectivity index (χ3n) is 2.90. The third-order valence-corrected chi connectivity index (χ3v) is 3.63. The minimum Gasteiger partial charge on any atom is -0.478 e. The van der Waals surface area contributed by atoms with E-state index in [1.54, 1.807) is 17.5 Å². The van der Waals surface area contributed by atoms with Crippen LogP contribution in [-0.4, -0.2) is 24.1 Å². The molecule has 0 saturated heterocycles. The topological polar surface area (TPSA) is 58.5 Å². The first kappa shape index (κ1) is 19.7. The molecule has 5 nitrogen and oxygen atoms in total. The highest BCUT2D eigenvalue weighted by molar-refractivity contribution is 14.0. The number of nitrogens with zero attached hydrogens (tertiary/aromatic N) is 2. The van der Waals surface area contributed by atoms with Crippen LogP contribution in [0.25, 0.3) is 0 Å². The van der Waals surface area contributed by atoms with Gasteiger partial charge < -0.3 is 15.4 Å². The molecule has 0 aliphatic heterocycles. The molecule has 0 aromatic carbocycles. The van der Waals surface area contributed by atoms with E-state index in [1.165, 1.54) is 5.56 Å². The van der Waals surface area contributed by atoms with Crippen molar-refractivity contribution in [2.45, 2.75) is 26.9 Å². The number of guanidine groups is 1. The number of nitrogens with one attached hydrogen (secondary N) is 2. The maximum Gasteiger partial charge on any atom is 0.213 e. The molecule has 0 fully saturated rings. The average Bonchev–Trinajstić information content (AvgIpc) is 3.04. The van der Waals surface area contributed by atoms with Gasteiger partial charge in [-0.25, -0.2) is 9.98 Å². The lowest BCUT2D eigenvalue weighted by atomic mass is 10.2. The SMILES string of the molecule is CCNC(=NCc1ccsc1)NCc1ccnc(OCC)c1.I. The number of thiophene rings is 1. The van der Waals surface area contributed by atoms with Gasteiger partial charge in [0.25, 0.3) is 0 Å². The van der Waals surface area contributed by atoms with E-state index in [0.717, 1.165) is 18.1 Å². The quantitative estimate of drug-likeness (QED) is 0.389. The van der Waals surface area contributed by atoms with Crippen molar-refractivity contribution in [1.82, 2.24) is 15.6 Å². The first-order valence-corrected chi connectivity index (χ1v) is 8.37. The van der Waals surface area contributed by atoms with Crippen molar-refractivity contribution in [3.05, 3.63) is 46.3 Å². The zero-order chi connectivity index (χ0) is 15.6. The van der Waals surface area contributed by atoms with Crippen LogP contribution >= 0.6 is 35.3 Å². The number of hydrogen-bond acceptors (Lipinski definition) is 4. The predicted molar refractivity (Wildman–Crippen MR) is 107 cm³/mol. The van der Waals surface area contributed by atoms with Crippen LogP contribution in [0.4, 0.5) is 0 Å². The minimum atomic E-state index is 0. The molecular formula is C16H23IN4OS. The highest BCUT2D eigenvalue weighted by Crippen LogP contribution is 2.09. The maximum absolute atomic E-state index is 5.41. The van der Waals surface area contributed by atoms with Gasteiger partial charge in [0, 0.05) is 25.4 Å². The summed E-state index contributed by atoms with van der Waals surface area (Å²) in [6.45, 7) is 6.82. The number of aromatic nitrogens is 1. The summed E-state index contributed by atoms with van der Waals surface area (Å²) in [5.41, 5.74) is 2.34. The zero-order valence-corrected chi connectivity index (χ0v) is 16.6. The molecule has 0 radical (unpaired) electrons. The summed E-state index contributed by atoms with van der Waals surface area (Å²) in [6.07, 6.45) is 1.76. The Kier molecular flexibility index (Phi) is 9.61. The number of pyridine rings is 1. The number of aliphatic imine (C=N–C) groups is 1. The van der Waals surface area contributed by atoms with E-state index < -0.39 is 0 Å². The zero-order valence-electron chi connectivity index (χ0n) is 13.4. The van der Waals surface area contributed by atoms with E-state index in [2.05, 4.69) is 44.4 Å². The number of halogens is 1. The largest absolute Gasteiger partial charge is 0.478 e. The van der Waals surface area contributed by atoms with Crippen molar-refractivity contribution < 1.29 is 4.74 Å². The fourth-order valence-corrected chi connectivity index (χ4v) is 2.53. The Morgan fingerprint density at radius 3 is 2.83 bits per heavy atom. The van der Waals surface area contributed by atoms with Crippen molar-refractivity contribution in [3.63, 3.8) is 0 Å². The monoisotopic (exact) mass is 446 g/mol. The molecule has 0 spiro atoms. The van der Waals surface area contributed by atoms with Crippen molar-refractivity contribution in [2.75, 3.05) is 13.2 Å². The van der Waals surface area contributed by atoms with E-state index in [9.17, 15) is 0 Å². The standard InChI is InChI=1S/C16H22N4OS.HI/c1-3-17-16(20-11-14-6-8-22-12-14)19-10-13-5-7-18-15(9-13)21-4-2;/h5-9,12H,3-4,10-11H2,1-2H3,(H2,17,19,20);1H. The number of ether oxygens (including phenoxy) is 1. The van der Waals surface area contributed by atoms with Gasteiger partial charge in [-0.3, -0.25) is 0 Å². The van der Waals surface area contributed by atoms with Crippen LogP contribution in [-0.2, 0) is 13.1 Å². The smallest absolute Gasteiger partial charge is 0.213 e. The molecule has 0 aliphatic carbocycles. The molecule has 2 heterocycles. The summed E-state index contributed by atoms with van der Waals surface area (Å²) in [6, 6.07) is 6.01. The Balaban J connectivity index is 0.00000264. The van der Waals surface area contributed by atoms with Gasteiger partial charge in [0.2, 0.25) is 5.88 Å². The van der Waals surface area contributed by atoms with Crippen LogP contribution < -0.4 is 15.4 Å². The number of hydrogen-bond donors (Lipinski definition) is 2. The van der Waals surface area contributed by atoms with E-state index in [1.807, 2.05) is 19.1 Å². The average molecular weight is 446 g/mol. The fraction of sp³-hybridized carbons (Fsp3) is 0.375. The van der Waals surface area contributed by atoms with Crippen molar-refractivity contribution in [1.29, 1.82) is 0 Å². The van der Waals surface area contributed by atoms with Crippen molar-refractivity contribution in [3.8, 4) is 5.88 Å². The fourth-order valence-electron chi connectivity index (χ4n) is 1.87. The summed E-state index contributed by atoms with van der Waals surface area (Å²) in [5.74, 6) is 1.46. The van der Waals surface area contributed by atoms with Crippen molar-refractivity contribution in [2.24, 2.45) is 4.99 Å². The predicted octanol–water partition coefficient (Wildman–Crippen LogP) is 3.42. The highest BCUT2D eigenvalue weighted by Gasteiger charge is 2.01. The Hall–Kier alpha value is -1.35. The van der Waals surface area contributed by atoms with Crippen LogP contribution in [0.15, 0.2) is 40.1 Å². The molecule has 0 unspecified atom stereocenters. The first-order valence-electron chi connectivity index (χ1n) is 7.42. The Labute approximate surface area is 158 Å². The molecule has 2 aromatic rings. The number of rotatable bonds is 7. The lowest BCUT2D eigenvalue weighted by Crippen LogP contribution is -2.36. The second kappa shape index (κ2) is 11.2. The molecular weight excluding hydrogens is 423 g/mol. The van der Waals surface area contributed by atoms with E-state index in [-0.39, 0.29) is 24.0 Å². The van der Waals surface area contributed by atoms with Crippen LogP contribution in [0.2, 0.25) is 0 Å². The van der Waals surface area contributed by atoms with Crippen LogP contribution in [0.5, 0.6) is 5.88 Å². The molecule has 23 heavy (non-hydrogen) atoms. The van der Waals surface area contributed by atoms with Gasteiger partial charge in [0.05, 0.1) is 13.2 Å². The van der Waals surface area contributed by atoms with Gasteiger partial charge in [-0.15, -0.1) is 24.0 Å².